The largest absolute Gasteiger partial charge is 0.507 e. The number of carbonyl (C=O) groups is 1. The molecule has 2 nitrogen and oxygen atoms in total. The molecule has 100 valence electrons. The van der Waals surface area contributed by atoms with Gasteiger partial charge in [-0.3, -0.25) is 4.79 Å². The van der Waals surface area contributed by atoms with Crippen molar-refractivity contribution in [1.29, 1.82) is 0 Å². The van der Waals surface area contributed by atoms with E-state index in [-0.39, 0.29) is 6.07 Å². The molecule has 0 spiro atoms. The van der Waals surface area contributed by atoms with Crippen molar-refractivity contribution in [1.82, 2.24) is 0 Å². The van der Waals surface area contributed by atoms with Crippen LogP contribution in [0.25, 0.3) is 0 Å². The van der Waals surface area contributed by atoms with Crippen LogP contribution in [0.3, 0.4) is 0 Å². The summed E-state index contributed by atoms with van der Waals surface area (Å²) >= 11 is 0. The van der Waals surface area contributed by atoms with E-state index in [1.54, 1.807) is 0 Å². The van der Waals surface area contributed by atoms with Gasteiger partial charge in [-0.2, -0.15) is 26.3 Å². The van der Waals surface area contributed by atoms with Crippen molar-refractivity contribution in [2.45, 2.75) is 19.3 Å². The number of halogens is 6. The Morgan fingerprint density at radius 2 is 1.56 bits per heavy atom. The van der Waals surface area contributed by atoms with Crippen molar-refractivity contribution in [3.63, 3.8) is 0 Å². The Kier molecular flexibility index (Phi) is 3.33. The minimum absolute atomic E-state index is 0.0879. The van der Waals surface area contributed by atoms with Gasteiger partial charge >= 0.3 is 12.4 Å². The van der Waals surface area contributed by atoms with Gasteiger partial charge in [0.15, 0.2) is 5.78 Å². The summed E-state index contributed by atoms with van der Waals surface area (Å²) in [5.41, 5.74) is -5.54. The van der Waals surface area contributed by atoms with Gasteiger partial charge in [-0.1, -0.05) is 0 Å². The topological polar surface area (TPSA) is 37.3 Å². The number of Topliss-reactive ketones (excluding diaryl/α,β-unsaturated/α-hetero) is 1. The quantitative estimate of drug-likeness (QED) is 0.626. The molecule has 0 bridgehead atoms. The van der Waals surface area contributed by atoms with Crippen molar-refractivity contribution >= 4 is 5.78 Å². The number of benzene rings is 1. The summed E-state index contributed by atoms with van der Waals surface area (Å²) in [7, 11) is 0. The summed E-state index contributed by atoms with van der Waals surface area (Å²) in [6, 6.07) is 0.499. The zero-order valence-electron chi connectivity index (χ0n) is 8.78. The highest BCUT2D eigenvalue weighted by atomic mass is 19.4. The van der Waals surface area contributed by atoms with E-state index in [9.17, 15) is 31.1 Å². The van der Waals surface area contributed by atoms with Gasteiger partial charge in [-0.05, 0) is 19.1 Å². The zero-order valence-corrected chi connectivity index (χ0v) is 8.78. The Bertz CT molecular complexity index is 486. The van der Waals surface area contributed by atoms with Gasteiger partial charge < -0.3 is 5.11 Å². The molecule has 0 aliphatic carbocycles. The van der Waals surface area contributed by atoms with E-state index >= 15 is 0 Å². The molecule has 0 amide bonds. The molecule has 18 heavy (non-hydrogen) atoms. The Labute approximate surface area is 96.8 Å². The van der Waals surface area contributed by atoms with E-state index in [1.807, 2.05) is 0 Å². The molecule has 0 aliphatic rings. The standard InChI is InChI=1S/C10H6F6O2/c1-4(17)7-6(18)3-2-5(9(11,12)13)8(7)10(14,15)16/h2-3,18H,1H3. The number of ketones is 1. The van der Waals surface area contributed by atoms with Gasteiger partial charge in [0.05, 0.1) is 16.7 Å². The van der Waals surface area contributed by atoms with Crippen LogP contribution in [-0.4, -0.2) is 10.9 Å². The van der Waals surface area contributed by atoms with Crippen molar-refractivity contribution in [3.8, 4) is 5.75 Å². The van der Waals surface area contributed by atoms with E-state index in [4.69, 9.17) is 5.11 Å². The minimum atomic E-state index is -5.40. The first kappa shape index (κ1) is 14.3. The number of carbonyl (C=O) groups excluding carboxylic acids is 1. The summed E-state index contributed by atoms with van der Waals surface area (Å²) in [6.07, 6.45) is -10.7. The number of phenols is 1. The van der Waals surface area contributed by atoms with Crippen LogP contribution in [0.2, 0.25) is 0 Å². The van der Waals surface area contributed by atoms with Crippen LogP contribution in [-0.2, 0) is 12.4 Å². The van der Waals surface area contributed by atoms with E-state index in [1.165, 1.54) is 0 Å². The second-order valence-electron chi connectivity index (χ2n) is 3.43. The highest BCUT2D eigenvalue weighted by Crippen LogP contribution is 2.44. The van der Waals surface area contributed by atoms with E-state index in [0.717, 1.165) is 0 Å². The highest BCUT2D eigenvalue weighted by molar-refractivity contribution is 5.98. The molecule has 0 aromatic heterocycles. The zero-order chi connectivity index (χ0) is 14.3. The fourth-order valence-electron chi connectivity index (χ4n) is 1.48. The van der Waals surface area contributed by atoms with Crippen LogP contribution in [0.1, 0.15) is 28.4 Å². The molecular formula is C10H6F6O2. The van der Waals surface area contributed by atoms with Crippen LogP contribution in [0.15, 0.2) is 12.1 Å². The third-order valence-electron chi connectivity index (χ3n) is 2.12. The summed E-state index contributed by atoms with van der Waals surface area (Å²) in [5, 5.41) is 9.13. The molecule has 0 heterocycles. The molecule has 0 atom stereocenters. The number of hydrogen-bond donors (Lipinski definition) is 1. The lowest BCUT2D eigenvalue weighted by Gasteiger charge is -2.18. The Morgan fingerprint density at radius 3 is 1.89 bits per heavy atom. The molecule has 1 aromatic rings. The molecule has 1 aromatic carbocycles. The van der Waals surface area contributed by atoms with E-state index in [2.05, 4.69) is 0 Å². The average molecular weight is 272 g/mol. The average Bonchev–Trinajstić information content (AvgIpc) is 2.12. The first-order valence-electron chi connectivity index (χ1n) is 4.47. The molecule has 0 saturated heterocycles. The predicted octanol–water partition coefficient (Wildman–Crippen LogP) is 3.63. The Morgan fingerprint density at radius 1 is 1.06 bits per heavy atom. The molecule has 1 rings (SSSR count). The first-order valence-corrected chi connectivity index (χ1v) is 4.47. The molecule has 0 saturated carbocycles. The third kappa shape index (κ3) is 2.57. The summed E-state index contributed by atoms with van der Waals surface area (Å²) < 4.78 is 75.2. The highest BCUT2D eigenvalue weighted by Gasteiger charge is 2.46. The fourth-order valence-corrected chi connectivity index (χ4v) is 1.48. The lowest BCUT2D eigenvalue weighted by Crippen LogP contribution is -2.20. The SMILES string of the molecule is CC(=O)c1c(O)ccc(C(F)(F)F)c1C(F)(F)F. The van der Waals surface area contributed by atoms with Crippen LogP contribution in [0.5, 0.6) is 5.75 Å². The number of hydrogen-bond acceptors (Lipinski definition) is 2. The summed E-state index contributed by atoms with van der Waals surface area (Å²) in [6.45, 7) is 0.643. The minimum Gasteiger partial charge on any atom is -0.507 e. The van der Waals surface area contributed by atoms with Crippen LogP contribution < -0.4 is 0 Å². The van der Waals surface area contributed by atoms with Crippen molar-refractivity contribution < 1.29 is 36.2 Å². The number of aromatic hydroxyl groups is 1. The maximum Gasteiger partial charge on any atom is 0.417 e. The van der Waals surface area contributed by atoms with Crippen LogP contribution in [0.4, 0.5) is 26.3 Å². The maximum atomic E-state index is 12.6. The third-order valence-corrected chi connectivity index (χ3v) is 2.12. The lowest BCUT2D eigenvalue weighted by molar-refractivity contribution is -0.162. The number of alkyl halides is 6. The smallest absolute Gasteiger partial charge is 0.417 e. The Balaban J connectivity index is 3.78. The number of rotatable bonds is 1. The van der Waals surface area contributed by atoms with Crippen molar-refractivity contribution in [3.05, 3.63) is 28.8 Å². The molecule has 8 heteroatoms. The van der Waals surface area contributed by atoms with Crippen molar-refractivity contribution in [2.75, 3.05) is 0 Å². The van der Waals surface area contributed by atoms with Crippen molar-refractivity contribution in [2.24, 2.45) is 0 Å². The first-order chi connectivity index (χ1) is 7.96. The molecule has 0 unspecified atom stereocenters. The summed E-state index contributed by atoms with van der Waals surface area (Å²) in [4.78, 5) is 11.0. The maximum absolute atomic E-state index is 12.6. The lowest BCUT2D eigenvalue weighted by atomic mass is 9.96. The summed E-state index contributed by atoms with van der Waals surface area (Å²) in [5.74, 6) is -2.44. The van der Waals surface area contributed by atoms with Gasteiger partial charge in [-0.15, -0.1) is 0 Å². The van der Waals surface area contributed by atoms with E-state index < -0.39 is 40.6 Å². The van der Waals surface area contributed by atoms with Gasteiger partial charge in [0.1, 0.15) is 5.75 Å². The second kappa shape index (κ2) is 4.18. The molecule has 1 N–H and O–H groups in total. The molecule has 0 aliphatic heterocycles. The molecular weight excluding hydrogens is 266 g/mol. The monoisotopic (exact) mass is 272 g/mol. The Hall–Kier alpha value is -1.73. The van der Waals surface area contributed by atoms with Gasteiger partial charge in [0, 0.05) is 0 Å². The molecule has 0 fully saturated rings. The van der Waals surface area contributed by atoms with E-state index in [0.29, 0.717) is 13.0 Å². The van der Waals surface area contributed by atoms with Crippen LogP contribution in [0, 0.1) is 0 Å². The van der Waals surface area contributed by atoms with Gasteiger partial charge in [-0.25, -0.2) is 0 Å². The predicted molar refractivity (Wildman–Crippen MR) is 48.1 cm³/mol. The van der Waals surface area contributed by atoms with Gasteiger partial charge in [0.25, 0.3) is 0 Å². The fraction of sp³-hybridized carbons (Fsp3) is 0.300. The van der Waals surface area contributed by atoms with Gasteiger partial charge in [0.2, 0.25) is 0 Å². The normalized spacial score (nSPS) is 12.6. The number of phenolic OH excluding ortho intramolecular Hbond substituents is 1. The van der Waals surface area contributed by atoms with Crippen LogP contribution >= 0.6 is 0 Å². The molecule has 0 radical (unpaired) electrons. The second-order valence-corrected chi connectivity index (χ2v) is 3.43.